The van der Waals surface area contributed by atoms with E-state index in [0.717, 1.165) is 43.2 Å². The van der Waals surface area contributed by atoms with Gasteiger partial charge in [0.25, 0.3) is 0 Å². The lowest BCUT2D eigenvalue weighted by Gasteiger charge is -2.27. The van der Waals surface area contributed by atoms with Gasteiger partial charge in [0.1, 0.15) is 11.6 Å². The van der Waals surface area contributed by atoms with Crippen LogP contribution < -0.4 is 0 Å². The highest BCUT2D eigenvalue weighted by Gasteiger charge is 2.26. The molecule has 0 atom stereocenters. The first-order chi connectivity index (χ1) is 12.6. The summed E-state index contributed by atoms with van der Waals surface area (Å²) in [6, 6.07) is 12.8. The van der Waals surface area contributed by atoms with E-state index in [4.69, 9.17) is 0 Å². The predicted octanol–water partition coefficient (Wildman–Crippen LogP) is 7.71. The molecule has 0 aliphatic heterocycles. The molecule has 1 fully saturated rings. The molecule has 0 saturated heterocycles. The second-order valence-corrected chi connectivity index (χ2v) is 7.25. The van der Waals surface area contributed by atoms with Crippen molar-refractivity contribution in [2.75, 3.05) is 0 Å². The monoisotopic (exact) mass is 358 g/mol. The average Bonchev–Trinajstić information content (AvgIpc) is 2.68. The second kappa shape index (κ2) is 8.57. The van der Waals surface area contributed by atoms with Crippen LogP contribution in [-0.2, 0) is 0 Å². The lowest BCUT2D eigenvalue weighted by atomic mass is 9.79. The van der Waals surface area contributed by atoms with E-state index in [1.165, 1.54) is 18.6 Å². The molecule has 0 bridgehead atoms. The zero-order valence-corrected chi connectivity index (χ0v) is 15.2. The van der Waals surface area contributed by atoms with Crippen molar-refractivity contribution >= 4 is 5.83 Å². The van der Waals surface area contributed by atoms with Gasteiger partial charge in [0.15, 0.2) is 5.83 Å². The topological polar surface area (TPSA) is 0 Å². The van der Waals surface area contributed by atoms with Gasteiger partial charge in [-0.3, -0.25) is 0 Å². The van der Waals surface area contributed by atoms with E-state index in [1.807, 2.05) is 0 Å². The minimum atomic E-state index is -0.741. The molecule has 3 heteroatoms. The highest BCUT2D eigenvalue weighted by Crippen LogP contribution is 2.39. The molecule has 0 unspecified atom stereocenters. The van der Waals surface area contributed by atoms with Gasteiger partial charge in [-0.1, -0.05) is 56.2 Å². The summed E-state index contributed by atoms with van der Waals surface area (Å²) in [6.45, 7) is 2.17. The van der Waals surface area contributed by atoms with Gasteiger partial charge in [0.05, 0.1) is 0 Å². The average molecular weight is 358 g/mol. The molecule has 0 radical (unpaired) electrons. The van der Waals surface area contributed by atoms with E-state index in [9.17, 15) is 13.2 Å². The van der Waals surface area contributed by atoms with Crippen LogP contribution in [0.1, 0.15) is 51.0 Å². The third-order valence-electron chi connectivity index (χ3n) is 5.43. The molecule has 2 aromatic carbocycles. The summed E-state index contributed by atoms with van der Waals surface area (Å²) in [7, 11) is 0. The number of hydrogen-bond donors (Lipinski definition) is 0. The Bertz CT molecular complexity index is 736. The summed E-state index contributed by atoms with van der Waals surface area (Å²) < 4.78 is 42.2. The quantitative estimate of drug-likeness (QED) is 0.513. The molecular weight excluding hydrogens is 333 g/mol. The molecule has 0 heterocycles. The van der Waals surface area contributed by atoms with E-state index in [0.29, 0.717) is 5.92 Å². The third-order valence-corrected chi connectivity index (χ3v) is 5.43. The maximum Gasteiger partial charge on any atom is 0.162 e. The Hall–Kier alpha value is -2.03. The first-order valence-corrected chi connectivity index (χ1v) is 9.50. The van der Waals surface area contributed by atoms with Crippen LogP contribution in [0.25, 0.3) is 17.0 Å². The van der Waals surface area contributed by atoms with Crippen molar-refractivity contribution in [3.8, 4) is 11.1 Å². The van der Waals surface area contributed by atoms with E-state index in [1.54, 1.807) is 36.4 Å². The molecule has 0 aromatic heterocycles. The minimum Gasteiger partial charge on any atom is -0.208 e. The van der Waals surface area contributed by atoms with Crippen LogP contribution in [0, 0.1) is 17.7 Å². The Morgan fingerprint density at radius 3 is 1.92 bits per heavy atom. The fraction of sp³-hybridized carbons (Fsp3) is 0.391. The Balaban J connectivity index is 1.71. The van der Waals surface area contributed by atoms with Gasteiger partial charge < -0.3 is 0 Å². The van der Waals surface area contributed by atoms with E-state index >= 15 is 0 Å². The standard InChI is InChI=1S/C23H25F3/c1-2-3-16-4-6-19(7-5-16)22(25)23(26)20-10-8-17(9-11-20)18-12-14-21(24)15-13-18/h8-16,19H,2-7H2,1H3/b23-22+. The molecule has 0 nitrogen and oxygen atoms in total. The SMILES string of the molecule is CCCC1CCC(/C(F)=C(\F)c2ccc(-c3ccc(F)cc3)cc2)CC1. The highest BCUT2D eigenvalue weighted by atomic mass is 19.2. The van der Waals surface area contributed by atoms with E-state index in [-0.39, 0.29) is 17.3 Å². The molecule has 26 heavy (non-hydrogen) atoms. The van der Waals surface area contributed by atoms with Gasteiger partial charge in [0.2, 0.25) is 0 Å². The largest absolute Gasteiger partial charge is 0.208 e. The second-order valence-electron chi connectivity index (χ2n) is 7.25. The fourth-order valence-corrected chi connectivity index (χ4v) is 3.88. The van der Waals surface area contributed by atoms with Gasteiger partial charge >= 0.3 is 0 Å². The number of hydrogen-bond acceptors (Lipinski definition) is 0. The first-order valence-electron chi connectivity index (χ1n) is 9.50. The van der Waals surface area contributed by atoms with Crippen LogP contribution in [0.3, 0.4) is 0 Å². The van der Waals surface area contributed by atoms with E-state index < -0.39 is 11.7 Å². The van der Waals surface area contributed by atoms with Gasteiger partial charge in [-0.2, -0.15) is 0 Å². The molecule has 138 valence electrons. The molecule has 1 saturated carbocycles. The van der Waals surface area contributed by atoms with E-state index in [2.05, 4.69) is 6.92 Å². The van der Waals surface area contributed by atoms with Crippen LogP contribution in [0.4, 0.5) is 13.2 Å². The van der Waals surface area contributed by atoms with Crippen molar-refractivity contribution in [2.45, 2.75) is 45.4 Å². The van der Waals surface area contributed by atoms with Crippen molar-refractivity contribution in [1.82, 2.24) is 0 Å². The summed E-state index contributed by atoms with van der Waals surface area (Å²) in [5.41, 5.74) is 1.96. The smallest absolute Gasteiger partial charge is 0.162 e. The van der Waals surface area contributed by atoms with Gasteiger partial charge in [-0.25, -0.2) is 13.2 Å². The molecule has 1 aliphatic carbocycles. The molecular formula is C23H25F3. The molecule has 0 amide bonds. The van der Waals surface area contributed by atoms with Crippen LogP contribution in [0.5, 0.6) is 0 Å². The number of halogens is 3. The van der Waals surface area contributed by atoms with Crippen molar-refractivity contribution < 1.29 is 13.2 Å². The Morgan fingerprint density at radius 2 is 1.38 bits per heavy atom. The summed E-state index contributed by atoms with van der Waals surface area (Å²) in [4.78, 5) is 0. The molecule has 0 spiro atoms. The fourth-order valence-electron chi connectivity index (χ4n) is 3.88. The van der Waals surface area contributed by atoms with Crippen LogP contribution in [-0.4, -0.2) is 0 Å². The summed E-state index contributed by atoms with van der Waals surface area (Å²) in [5, 5.41) is 0. The van der Waals surface area contributed by atoms with Crippen LogP contribution in [0.2, 0.25) is 0 Å². The number of allylic oxidation sites excluding steroid dienone is 1. The zero-order chi connectivity index (χ0) is 18.5. The molecule has 1 aliphatic rings. The van der Waals surface area contributed by atoms with Crippen LogP contribution in [0.15, 0.2) is 54.4 Å². The normalized spacial score (nSPS) is 21.4. The Kier molecular flexibility index (Phi) is 6.18. The maximum absolute atomic E-state index is 14.6. The number of rotatable bonds is 5. The summed E-state index contributed by atoms with van der Waals surface area (Å²) in [6.07, 6.45) is 5.79. The first kappa shape index (κ1) is 18.8. The van der Waals surface area contributed by atoms with Crippen molar-refractivity contribution in [1.29, 1.82) is 0 Å². The minimum absolute atomic E-state index is 0.268. The highest BCUT2D eigenvalue weighted by molar-refractivity contribution is 5.68. The summed E-state index contributed by atoms with van der Waals surface area (Å²) >= 11 is 0. The van der Waals surface area contributed by atoms with Crippen molar-refractivity contribution in [2.24, 2.45) is 11.8 Å². The molecule has 3 rings (SSSR count). The third kappa shape index (κ3) is 4.38. The summed E-state index contributed by atoms with van der Waals surface area (Å²) in [5.74, 6) is -1.26. The Labute approximate surface area is 153 Å². The van der Waals surface area contributed by atoms with Gasteiger partial charge in [-0.15, -0.1) is 0 Å². The Morgan fingerprint density at radius 1 is 0.846 bits per heavy atom. The van der Waals surface area contributed by atoms with Crippen LogP contribution >= 0.6 is 0 Å². The van der Waals surface area contributed by atoms with Crippen molar-refractivity contribution in [3.63, 3.8) is 0 Å². The lowest BCUT2D eigenvalue weighted by molar-refractivity contribution is 0.261. The van der Waals surface area contributed by atoms with Gasteiger partial charge in [-0.05, 0) is 54.9 Å². The number of benzene rings is 2. The zero-order valence-electron chi connectivity index (χ0n) is 15.2. The van der Waals surface area contributed by atoms with Gasteiger partial charge in [0, 0.05) is 11.5 Å². The van der Waals surface area contributed by atoms with Crippen molar-refractivity contribution in [3.05, 3.63) is 65.7 Å². The predicted molar refractivity (Wildman–Crippen MR) is 101 cm³/mol. The maximum atomic E-state index is 14.6. The molecule has 0 N–H and O–H groups in total. The molecule has 2 aromatic rings. The lowest BCUT2D eigenvalue weighted by Crippen LogP contribution is -2.15.